The molecule has 5 heteroatoms. The van der Waals surface area contributed by atoms with Gasteiger partial charge in [0.25, 0.3) is 0 Å². The normalized spacial score (nSPS) is 11.2. The Kier molecular flexibility index (Phi) is 2.37. The third-order valence-electron chi connectivity index (χ3n) is 2.85. The maximum atomic E-state index is 6.01. The van der Waals surface area contributed by atoms with Crippen LogP contribution in [-0.2, 0) is 13.6 Å². The largest absolute Gasteiger partial charge is 0.340 e. The smallest absolute Gasteiger partial charge is 0.146 e. The van der Waals surface area contributed by atoms with Crippen LogP contribution in [0.4, 0.5) is 0 Å². The Morgan fingerprint density at radius 1 is 1.29 bits per heavy atom. The summed E-state index contributed by atoms with van der Waals surface area (Å²) in [7, 11) is 1.89. The van der Waals surface area contributed by atoms with Crippen molar-refractivity contribution in [3.05, 3.63) is 47.6 Å². The van der Waals surface area contributed by atoms with E-state index >= 15 is 0 Å². The molecular weight excluding hydrogens is 236 g/mol. The zero-order valence-corrected chi connectivity index (χ0v) is 10.1. The molecule has 4 nitrogen and oxygen atoms in total. The molecule has 0 unspecified atom stereocenters. The average molecular weight is 247 g/mol. The SMILES string of the molecule is Cn1ncnc1Cn1ccc2ccc(Cl)cc21. The van der Waals surface area contributed by atoms with Gasteiger partial charge in [0, 0.05) is 23.8 Å². The summed E-state index contributed by atoms with van der Waals surface area (Å²) >= 11 is 6.01. The molecule has 0 aliphatic carbocycles. The van der Waals surface area contributed by atoms with Crippen molar-refractivity contribution in [2.75, 3.05) is 0 Å². The van der Waals surface area contributed by atoms with Gasteiger partial charge in [-0.15, -0.1) is 0 Å². The van der Waals surface area contributed by atoms with Gasteiger partial charge in [0.15, 0.2) is 0 Å². The first kappa shape index (κ1) is 10.4. The van der Waals surface area contributed by atoms with Gasteiger partial charge in [-0.25, -0.2) is 4.98 Å². The second kappa shape index (κ2) is 3.89. The van der Waals surface area contributed by atoms with Gasteiger partial charge in [-0.2, -0.15) is 5.10 Å². The molecule has 0 fully saturated rings. The average Bonchev–Trinajstić information content (AvgIpc) is 2.88. The Morgan fingerprint density at radius 2 is 2.18 bits per heavy atom. The highest BCUT2D eigenvalue weighted by molar-refractivity contribution is 6.31. The van der Waals surface area contributed by atoms with Gasteiger partial charge in [-0.05, 0) is 23.6 Å². The Bertz CT molecular complexity index is 668. The Labute approximate surface area is 103 Å². The molecule has 0 aliphatic rings. The molecule has 1 aromatic carbocycles. The third kappa shape index (κ3) is 1.80. The molecule has 3 rings (SSSR count). The van der Waals surface area contributed by atoms with Crippen LogP contribution in [0.5, 0.6) is 0 Å². The molecule has 0 amide bonds. The molecule has 0 aliphatic heterocycles. The molecule has 0 N–H and O–H groups in total. The number of aromatic nitrogens is 4. The van der Waals surface area contributed by atoms with Crippen LogP contribution in [0.1, 0.15) is 5.82 Å². The van der Waals surface area contributed by atoms with E-state index in [0.29, 0.717) is 6.54 Å². The second-order valence-corrected chi connectivity index (χ2v) is 4.38. The lowest BCUT2D eigenvalue weighted by atomic mass is 10.2. The van der Waals surface area contributed by atoms with Crippen molar-refractivity contribution >= 4 is 22.5 Å². The minimum atomic E-state index is 0.695. The summed E-state index contributed by atoms with van der Waals surface area (Å²) in [4.78, 5) is 4.22. The number of rotatable bonds is 2. The fourth-order valence-corrected chi connectivity index (χ4v) is 2.08. The zero-order chi connectivity index (χ0) is 11.8. The van der Waals surface area contributed by atoms with Crippen molar-refractivity contribution in [1.82, 2.24) is 19.3 Å². The lowest BCUT2D eigenvalue weighted by Crippen LogP contribution is -2.05. The minimum absolute atomic E-state index is 0.695. The summed E-state index contributed by atoms with van der Waals surface area (Å²) < 4.78 is 3.89. The number of fused-ring (bicyclic) bond motifs is 1. The van der Waals surface area contributed by atoms with Gasteiger partial charge >= 0.3 is 0 Å². The third-order valence-corrected chi connectivity index (χ3v) is 3.09. The molecule has 3 aromatic rings. The van der Waals surface area contributed by atoms with Crippen molar-refractivity contribution < 1.29 is 0 Å². The number of benzene rings is 1. The molecule has 0 bridgehead atoms. The fraction of sp³-hybridized carbons (Fsp3) is 0.167. The van der Waals surface area contributed by atoms with Crippen LogP contribution in [0, 0.1) is 0 Å². The van der Waals surface area contributed by atoms with Gasteiger partial charge < -0.3 is 4.57 Å². The quantitative estimate of drug-likeness (QED) is 0.696. The number of aryl methyl sites for hydroxylation is 1. The van der Waals surface area contributed by atoms with E-state index in [1.807, 2.05) is 31.4 Å². The van der Waals surface area contributed by atoms with E-state index < -0.39 is 0 Å². The molecule has 2 heterocycles. The lowest BCUT2D eigenvalue weighted by molar-refractivity contribution is 0.664. The molecule has 86 valence electrons. The van der Waals surface area contributed by atoms with Gasteiger partial charge in [-0.3, -0.25) is 4.68 Å². The molecule has 2 aromatic heterocycles. The Hall–Kier alpha value is -1.81. The van der Waals surface area contributed by atoms with Crippen LogP contribution in [0.2, 0.25) is 5.02 Å². The second-order valence-electron chi connectivity index (χ2n) is 3.95. The maximum absolute atomic E-state index is 6.01. The van der Waals surface area contributed by atoms with Crippen LogP contribution >= 0.6 is 11.6 Å². The van der Waals surface area contributed by atoms with Crippen LogP contribution in [0.25, 0.3) is 10.9 Å². The van der Waals surface area contributed by atoms with Gasteiger partial charge in [0.1, 0.15) is 12.2 Å². The summed E-state index contributed by atoms with van der Waals surface area (Å²) in [6.45, 7) is 0.695. The van der Waals surface area contributed by atoms with E-state index in [1.54, 1.807) is 11.0 Å². The maximum Gasteiger partial charge on any atom is 0.146 e. The first-order valence-corrected chi connectivity index (χ1v) is 5.69. The van der Waals surface area contributed by atoms with E-state index in [0.717, 1.165) is 16.4 Å². The number of halogens is 1. The van der Waals surface area contributed by atoms with E-state index in [-0.39, 0.29) is 0 Å². The summed E-state index contributed by atoms with van der Waals surface area (Å²) in [5.41, 5.74) is 1.11. The molecular formula is C12H11ClN4. The summed E-state index contributed by atoms with van der Waals surface area (Å²) in [6, 6.07) is 7.96. The lowest BCUT2D eigenvalue weighted by Gasteiger charge is -2.04. The van der Waals surface area contributed by atoms with E-state index in [2.05, 4.69) is 20.7 Å². The highest BCUT2D eigenvalue weighted by Crippen LogP contribution is 2.21. The topological polar surface area (TPSA) is 35.6 Å². The van der Waals surface area contributed by atoms with E-state index in [4.69, 9.17) is 11.6 Å². The highest BCUT2D eigenvalue weighted by Gasteiger charge is 2.05. The first-order chi connectivity index (χ1) is 8.24. The van der Waals surface area contributed by atoms with Crippen molar-refractivity contribution in [3.8, 4) is 0 Å². The Morgan fingerprint density at radius 3 is 2.94 bits per heavy atom. The van der Waals surface area contributed by atoms with Gasteiger partial charge in [-0.1, -0.05) is 17.7 Å². The summed E-state index contributed by atoms with van der Waals surface area (Å²) in [5, 5.41) is 5.98. The Balaban J connectivity index is 2.06. The molecule has 17 heavy (non-hydrogen) atoms. The van der Waals surface area contributed by atoms with Crippen LogP contribution in [-0.4, -0.2) is 19.3 Å². The molecule has 0 atom stereocenters. The van der Waals surface area contributed by atoms with Crippen molar-refractivity contribution in [1.29, 1.82) is 0 Å². The van der Waals surface area contributed by atoms with Crippen LogP contribution in [0.3, 0.4) is 0 Å². The molecule has 0 saturated heterocycles. The van der Waals surface area contributed by atoms with Gasteiger partial charge in [0.2, 0.25) is 0 Å². The van der Waals surface area contributed by atoms with E-state index in [9.17, 15) is 0 Å². The van der Waals surface area contributed by atoms with Crippen molar-refractivity contribution in [2.24, 2.45) is 7.05 Å². The van der Waals surface area contributed by atoms with Crippen molar-refractivity contribution in [3.63, 3.8) is 0 Å². The minimum Gasteiger partial charge on any atom is -0.340 e. The predicted octanol–water partition coefficient (Wildman–Crippen LogP) is 2.47. The standard InChI is InChI=1S/C12H11ClN4/c1-16-12(14-8-15-16)7-17-5-4-9-2-3-10(13)6-11(9)17/h2-6,8H,7H2,1H3. The monoisotopic (exact) mass is 246 g/mol. The molecule has 0 spiro atoms. The number of hydrogen-bond donors (Lipinski definition) is 0. The van der Waals surface area contributed by atoms with Crippen molar-refractivity contribution in [2.45, 2.75) is 6.54 Å². The molecule has 0 saturated carbocycles. The van der Waals surface area contributed by atoms with Crippen LogP contribution < -0.4 is 0 Å². The number of nitrogens with zero attached hydrogens (tertiary/aromatic N) is 4. The highest BCUT2D eigenvalue weighted by atomic mass is 35.5. The summed E-state index contributed by atoms with van der Waals surface area (Å²) in [5.74, 6) is 0.919. The number of hydrogen-bond acceptors (Lipinski definition) is 2. The fourth-order valence-electron chi connectivity index (χ4n) is 1.91. The zero-order valence-electron chi connectivity index (χ0n) is 9.34. The van der Waals surface area contributed by atoms with E-state index in [1.165, 1.54) is 5.39 Å². The summed E-state index contributed by atoms with van der Waals surface area (Å²) in [6.07, 6.45) is 3.60. The van der Waals surface area contributed by atoms with Gasteiger partial charge in [0.05, 0.1) is 6.54 Å². The van der Waals surface area contributed by atoms with Crippen LogP contribution in [0.15, 0.2) is 36.8 Å². The predicted molar refractivity (Wildman–Crippen MR) is 67.1 cm³/mol. The molecule has 0 radical (unpaired) electrons. The first-order valence-electron chi connectivity index (χ1n) is 5.31.